The Morgan fingerprint density at radius 1 is 1.00 bits per heavy atom. The van der Waals surface area contributed by atoms with Crippen molar-refractivity contribution < 1.29 is 19.8 Å². The van der Waals surface area contributed by atoms with E-state index in [-0.39, 0.29) is 12.8 Å². The van der Waals surface area contributed by atoms with Gasteiger partial charge in [-0.05, 0) is 24.1 Å². The molecule has 1 rings (SSSR count). The molecule has 0 aliphatic heterocycles. The molecule has 0 aromatic heterocycles. The molecule has 0 spiro atoms. The highest BCUT2D eigenvalue weighted by Gasteiger charge is 2.06. The summed E-state index contributed by atoms with van der Waals surface area (Å²) in [5.74, 6) is -1.58. The van der Waals surface area contributed by atoms with Crippen molar-refractivity contribution in [2.24, 2.45) is 0 Å². The van der Waals surface area contributed by atoms with E-state index in [4.69, 9.17) is 10.2 Å². The van der Waals surface area contributed by atoms with Gasteiger partial charge in [0.25, 0.3) is 0 Å². The molecule has 0 heterocycles. The topological polar surface area (TPSA) is 77.8 Å². The van der Waals surface area contributed by atoms with Crippen molar-refractivity contribution >= 4 is 11.9 Å². The van der Waals surface area contributed by atoms with Crippen LogP contribution in [0.25, 0.3) is 0 Å². The van der Waals surface area contributed by atoms with Crippen LogP contribution in [0.1, 0.15) is 30.9 Å². The van der Waals surface area contributed by atoms with Gasteiger partial charge in [0.15, 0.2) is 0 Å². The van der Waals surface area contributed by atoms with E-state index < -0.39 is 11.9 Å². The molecule has 20 heavy (non-hydrogen) atoms. The van der Waals surface area contributed by atoms with Crippen LogP contribution in [0.4, 0.5) is 0 Å². The number of benzene rings is 1. The van der Waals surface area contributed by atoms with Gasteiger partial charge in [0.1, 0.15) is 0 Å². The molecule has 0 saturated heterocycles. The fourth-order valence-electron chi connectivity index (χ4n) is 1.92. The molecule has 0 aliphatic rings. The van der Waals surface area contributed by atoms with Gasteiger partial charge in [0, 0.05) is 19.5 Å². The van der Waals surface area contributed by atoms with Crippen molar-refractivity contribution in [2.75, 3.05) is 13.1 Å². The Hall–Kier alpha value is -1.88. The Morgan fingerprint density at radius 3 is 2.05 bits per heavy atom. The maximum atomic E-state index is 10.6. The smallest absolute Gasteiger partial charge is 0.304 e. The first-order valence-electron chi connectivity index (χ1n) is 6.75. The lowest BCUT2D eigenvalue weighted by Gasteiger charge is -2.19. The average molecular weight is 279 g/mol. The monoisotopic (exact) mass is 279 g/mol. The summed E-state index contributed by atoms with van der Waals surface area (Å²) in [5.41, 5.74) is 2.11. The Labute approximate surface area is 118 Å². The summed E-state index contributed by atoms with van der Waals surface area (Å²) in [7, 11) is 0. The predicted molar refractivity (Wildman–Crippen MR) is 75.6 cm³/mol. The third-order valence-electron chi connectivity index (χ3n) is 3.15. The molecule has 5 heteroatoms. The Balaban J connectivity index is 2.50. The van der Waals surface area contributed by atoms with Crippen LogP contribution in [0.3, 0.4) is 0 Å². The van der Waals surface area contributed by atoms with Gasteiger partial charge in [-0.25, -0.2) is 0 Å². The van der Waals surface area contributed by atoms with E-state index in [0.29, 0.717) is 19.5 Å². The third-order valence-corrected chi connectivity index (χ3v) is 3.15. The van der Waals surface area contributed by atoms with Crippen molar-refractivity contribution in [2.45, 2.75) is 32.7 Å². The minimum absolute atomic E-state index is 0.138. The van der Waals surface area contributed by atoms with Crippen LogP contribution in [0.5, 0.6) is 0 Å². The highest BCUT2D eigenvalue weighted by atomic mass is 16.4. The van der Waals surface area contributed by atoms with Gasteiger partial charge in [0.2, 0.25) is 0 Å². The lowest BCUT2D eigenvalue weighted by Crippen LogP contribution is -2.25. The molecule has 0 saturated carbocycles. The van der Waals surface area contributed by atoms with E-state index in [2.05, 4.69) is 4.90 Å². The SMILES string of the molecule is CCN(CCC(=O)O)Cc1ccc(CCC(=O)O)cc1. The molecular formula is C15H21NO4. The summed E-state index contributed by atoms with van der Waals surface area (Å²) in [6, 6.07) is 7.81. The van der Waals surface area contributed by atoms with Crippen molar-refractivity contribution in [1.29, 1.82) is 0 Å². The van der Waals surface area contributed by atoms with Gasteiger partial charge < -0.3 is 10.2 Å². The lowest BCUT2D eigenvalue weighted by atomic mass is 10.1. The summed E-state index contributed by atoms with van der Waals surface area (Å²) < 4.78 is 0. The molecule has 5 nitrogen and oxygen atoms in total. The number of rotatable bonds is 9. The Bertz CT molecular complexity index is 442. The minimum atomic E-state index is -0.792. The molecule has 0 bridgehead atoms. The molecule has 1 aromatic rings. The molecule has 0 atom stereocenters. The second kappa shape index (κ2) is 8.32. The van der Waals surface area contributed by atoms with E-state index in [1.165, 1.54) is 0 Å². The second-order valence-corrected chi connectivity index (χ2v) is 4.72. The first-order valence-corrected chi connectivity index (χ1v) is 6.75. The quantitative estimate of drug-likeness (QED) is 0.723. The van der Waals surface area contributed by atoms with Crippen LogP contribution in [-0.4, -0.2) is 40.1 Å². The minimum Gasteiger partial charge on any atom is -0.481 e. The first kappa shape index (κ1) is 16.2. The fourth-order valence-corrected chi connectivity index (χ4v) is 1.92. The van der Waals surface area contributed by atoms with E-state index in [1.807, 2.05) is 31.2 Å². The molecular weight excluding hydrogens is 258 g/mol. The maximum Gasteiger partial charge on any atom is 0.304 e. The number of hydrogen-bond donors (Lipinski definition) is 2. The molecule has 0 aliphatic carbocycles. The fraction of sp³-hybridized carbons (Fsp3) is 0.467. The van der Waals surface area contributed by atoms with Crippen molar-refractivity contribution in [3.8, 4) is 0 Å². The average Bonchev–Trinajstić information content (AvgIpc) is 2.42. The summed E-state index contributed by atoms with van der Waals surface area (Å²) in [5, 5.41) is 17.3. The van der Waals surface area contributed by atoms with Gasteiger partial charge in [0.05, 0.1) is 6.42 Å². The van der Waals surface area contributed by atoms with Gasteiger partial charge >= 0.3 is 11.9 Å². The van der Waals surface area contributed by atoms with E-state index in [0.717, 1.165) is 17.7 Å². The van der Waals surface area contributed by atoms with Crippen LogP contribution in [0.15, 0.2) is 24.3 Å². The van der Waals surface area contributed by atoms with Crippen LogP contribution in [-0.2, 0) is 22.6 Å². The Kier molecular flexibility index (Phi) is 6.73. The summed E-state index contributed by atoms with van der Waals surface area (Å²) in [6.07, 6.45) is 0.815. The van der Waals surface area contributed by atoms with Gasteiger partial charge in [-0.3, -0.25) is 14.5 Å². The van der Waals surface area contributed by atoms with E-state index in [9.17, 15) is 9.59 Å². The van der Waals surface area contributed by atoms with Crippen LogP contribution in [0.2, 0.25) is 0 Å². The number of carboxylic acid groups (broad SMARTS) is 2. The normalized spacial score (nSPS) is 10.7. The molecule has 2 N–H and O–H groups in total. The van der Waals surface area contributed by atoms with Gasteiger partial charge in [-0.15, -0.1) is 0 Å². The van der Waals surface area contributed by atoms with Crippen molar-refractivity contribution in [3.05, 3.63) is 35.4 Å². The van der Waals surface area contributed by atoms with Gasteiger partial charge in [-0.1, -0.05) is 31.2 Å². The van der Waals surface area contributed by atoms with E-state index >= 15 is 0 Å². The molecule has 0 radical (unpaired) electrons. The number of nitrogens with zero attached hydrogens (tertiary/aromatic N) is 1. The van der Waals surface area contributed by atoms with Crippen LogP contribution < -0.4 is 0 Å². The summed E-state index contributed by atoms with van der Waals surface area (Å²) >= 11 is 0. The number of aliphatic carboxylic acids is 2. The zero-order valence-electron chi connectivity index (χ0n) is 11.7. The zero-order chi connectivity index (χ0) is 15.0. The number of hydrogen-bond acceptors (Lipinski definition) is 3. The largest absolute Gasteiger partial charge is 0.481 e. The second-order valence-electron chi connectivity index (χ2n) is 4.72. The molecule has 110 valence electrons. The lowest BCUT2D eigenvalue weighted by molar-refractivity contribution is -0.138. The van der Waals surface area contributed by atoms with Crippen molar-refractivity contribution in [3.63, 3.8) is 0 Å². The molecule has 1 aromatic carbocycles. The van der Waals surface area contributed by atoms with Gasteiger partial charge in [-0.2, -0.15) is 0 Å². The molecule has 0 fully saturated rings. The highest BCUT2D eigenvalue weighted by Crippen LogP contribution is 2.09. The summed E-state index contributed by atoms with van der Waals surface area (Å²) in [4.78, 5) is 23.1. The van der Waals surface area contributed by atoms with Crippen molar-refractivity contribution in [1.82, 2.24) is 4.90 Å². The standard InChI is InChI=1S/C15H21NO4/c1-2-16(10-9-15(19)20)11-13-5-3-12(4-6-13)7-8-14(17)18/h3-6H,2,7-11H2,1H3,(H,17,18)(H,19,20). The first-order chi connectivity index (χ1) is 9.51. The Morgan fingerprint density at radius 2 is 1.55 bits per heavy atom. The maximum absolute atomic E-state index is 10.6. The number of carbonyl (C=O) groups is 2. The van der Waals surface area contributed by atoms with Crippen LogP contribution >= 0.6 is 0 Å². The molecule has 0 amide bonds. The third kappa shape index (κ3) is 6.33. The summed E-state index contributed by atoms with van der Waals surface area (Å²) in [6.45, 7) is 4.05. The number of carboxylic acids is 2. The predicted octanol–water partition coefficient (Wildman–Crippen LogP) is 2.00. The molecule has 0 unspecified atom stereocenters. The zero-order valence-corrected chi connectivity index (χ0v) is 11.7. The van der Waals surface area contributed by atoms with Crippen LogP contribution in [0, 0.1) is 0 Å². The van der Waals surface area contributed by atoms with E-state index in [1.54, 1.807) is 0 Å². The highest BCUT2D eigenvalue weighted by molar-refractivity contribution is 5.67. The number of aryl methyl sites for hydroxylation is 1.